The van der Waals surface area contributed by atoms with Crippen molar-refractivity contribution in [3.63, 3.8) is 0 Å². The van der Waals surface area contributed by atoms with Crippen molar-refractivity contribution in [3.05, 3.63) is 45.9 Å². The lowest BCUT2D eigenvalue weighted by Crippen LogP contribution is -2.37. The van der Waals surface area contributed by atoms with Crippen LogP contribution in [0.3, 0.4) is 0 Å². The largest absolute Gasteiger partial charge is 0.493 e. The van der Waals surface area contributed by atoms with E-state index in [2.05, 4.69) is 21.4 Å². The van der Waals surface area contributed by atoms with Gasteiger partial charge in [-0.25, -0.2) is 9.98 Å². The Morgan fingerprint density at radius 1 is 1.50 bits per heavy atom. The van der Waals surface area contributed by atoms with Crippen molar-refractivity contribution in [2.45, 2.75) is 25.9 Å². The van der Waals surface area contributed by atoms with E-state index in [-0.39, 0.29) is 30.0 Å². The normalized spacial score (nSPS) is 17.1. The summed E-state index contributed by atoms with van der Waals surface area (Å²) in [6, 6.07) is 8.19. The van der Waals surface area contributed by atoms with Crippen LogP contribution in [0.1, 0.15) is 28.6 Å². The first kappa shape index (κ1) is 17.0. The summed E-state index contributed by atoms with van der Waals surface area (Å²) in [5.74, 6) is 1.39. The smallest absolute Gasteiger partial charge is 0.189 e. The van der Waals surface area contributed by atoms with E-state index < -0.39 is 0 Å². The number of para-hydroxylation sites is 1. The first-order chi connectivity index (χ1) is 10.2. The number of ether oxygens (including phenoxy) is 1. The number of aryl methyl sites for hydroxylation is 1. The fourth-order valence-corrected chi connectivity index (χ4v) is 3.05. The molecule has 1 aliphatic rings. The molecule has 0 spiro atoms. The molecule has 2 heterocycles. The van der Waals surface area contributed by atoms with E-state index in [1.807, 2.05) is 30.6 Å². The Bertz CT molecular complexity index is 658. The molecule has 118 valence electrons. The maximum Gasteiger partial charge on any atom is 0.189 e. The SMILES string of the molecule is Cc1ncsc1CN=C(N)NC1CCOc2ccccc21.I. The predicted molar refractivity (Wildman–Crippen MR) is 100 cm³/mol. The molecule has 0 fully saturated rings. The summed E-state index contributed by atoms with van der Waals surface area (Å²) >= 11 is 1.60. The summed E-state index contributed by atoms with van der Waals surface area (Å²) in [6.45, 7) is 3.25. The van der Waals surface area contributed by atoms with Gasteiger partial charge in [0.05, 0.1) is 30.4 Å². The van der Waals surface area contributed by atoms with Gasteiger partial charge in [0.25, 0.3) is 0 Å². The molecule has 0 saturated carbocycles. The lowest BCUT2D eigenvalue weighted by molar-refractivity contribution is 0.262. The monoisotopic (exact) mass is 430 g/mol. The van der Waals surface area contributed by atoms with E-state index in [0.717, 1.165) is 28.3 Å². The molecular formula is C15H19IN4OS. The molecule has 1 unspecified atom stereocenters. The molecule has 5 nitrogen and oxygen atoms in total. The number of benzene rings is 1. The Labute approximate surface area is 151 Å². The third-order valence-corrected chi connectivity index (χ3v) is 4.44. The molecule has 3 rings (SSSR count). The Morgan fingerprint density at radius 3 is 3.09 bits per heavy atom. The maximum absolute atomic E-state index is 6.01. The second-order valence-electron chi connectivity index (χ2n) is 4.93. The van der Waals surface area contributed by atoms with E-state index in [4.69, 9.17) is 10.5 Å². The quantitative estimate of drug-likeness (QED) is 0.446. The van der Waals surface area contributed by atoms with E-state index >= 15 is 0 Å². The van der Waals surface area contributed by atoms with Crippen molar-refractivity contribution in [1.29, 1.82) is 0 Å². The van der Waals surface area contributed by atoms with E-state index in [1.54, 1.807) is 11.3 Å². The first-order valence-electron chi connectivity index (χ1n) is 6.91. The van der Waals surface area contributed by atoms with Crippen LogP contribution in [0.4, 0.5) is 0 Å². The van der Waals surface area contributed by atoms with Gasteiger partial charge in [0, 0.05) is 16.9 Å². The number of aromatic nitrogens is 1. The highest BCUT2D eigenvalue weighted by molar-refractivity contribution is 14.0. The number of nitrogens with zero attached hydrogens (tertiary/aromatic N) is 2. The van der Waals surface area contributed by atoms with Crippen LogP contribution in [0, 0.1) is 6.92 Å². The van der Waals surface area contributed by atoms with Crippen LogP contribution in [-0.2, 0) is 6.54 Å². The third kappa shape index (κ3) is 3.89. The number of aliphatic imine (C=N–C) groups is 1. The number of guanidine groups is 1. The average Bonchev–Trinajstić information content (AvgIpc) is 2.91. The minimum Gasteiger partial charge on any atom is -0.493 e. The van der Waals surface area contributed by atoms with Crippen LogP contribution in [0.25, 0.3) is 0 Å². The minimum atomic E-state index is 0. The number of nitrogens with two attached hydrogens (primary N) is 1. The zero-order valence-electron chi connectivity index (χ0n) is 12.3. The zero-order chi connectivity index (χ0) is 14.7. The highest BCUT2D eigenvalue weighted by Crippen LogP contribution is 2.31. The number of thiazole rings is 1. The van der Waals surface area contributed by atoms with Gasteiger partial charge in [0.1, 0.15) is 5.75 Å². The molecule has 1 aliphatic heterocycles. The Kier molecular flexibility index (Phi) is 6.01. The van der Waals surface area contributed by atoms with Gasteiger partial charge < -0.3 is 15.8 Å². The van der Waals surface area contributed by atoms with Crippen LogP contribution in [0.15, 0.2) is 34.8 Å². The standard InChI is InChI=1S/C15H18N4OS.HI/c1-10-14(21-9-18-10)8-17-15(16)19-12-6-7-20-13-5-3-2-4-11(12)13;/h2-5,9,12H,6-8H2,1H3,(H3,16,17,19);1H. The van der Waals surface area contributed by atoms with Gasteiger partial charge in [-0.3, -0.25) is 0 Å². The first-order valence-corrected chi connectivity index (χ1v) is 7.79. The molecule has 2 aromatic rings. The molecular weight excluding hydrogens is 411 g/mol. The maximum atomic E-state index is 6.01. The van der Waals surface area contributed by atoms with Gasteiger partial charge in [0.15, 0.2) is 5.96 Å². The summed E-state index contributed by atoms with van der Waals surface area (Å²) in [7, 11) is 0. The third-order valence-electron chi connectivity index (χ3n) is 3.52. The van der Waals surface area contributed by atoms with Gasteiger partial charge >= 0.3 is 0 Å². The lowest BCUT2D eigenvalue weighted by Gasteiger charge is -2.26. The van der Waals surface area contributed by atoms with Crippen molar-refractivity contribution in [2.75, 3.05) is 6.61 Å². The molecule has 7 heteroatoms. The lowest BCUT2D eigenvalue weighted by atomic mass is 10.0. The van der Waals surface area contributed by atoms with Crippen LogP contribution in [0.2, 0.25) is 0 Å². The van der Waals surface area contributed by atoms with Gasteiger partial charge in [-0.05, 0) is 13.0 Å². The zero-order valence-corrected chi connectivity index (χ0v) is 15.4. The van der Waals surface area contributed by atoms with Crippen molar-refractivity contribution in [3.8, 4) is 5.75 Å². The van der Waals surface area contributed by atoms with Crippen molar-refractivity contribution < 1.29 is 4.74 Å². The summed E-state index contributed by atoms with van der Waals surface area (Å²) < 4.78 is 5.64. The van der Waals surface area contributed by atoms with Crippen molar-refractivity contribution >= 4 is 41.3 Å². The molecule has 0 aliphatic carbocycles. The Morgan fingerprint density at radius 2 is 2.32 bits per heavy atom. The van der Waals surface area contributed by atoms with E-state index in [9.17, 15) is 0 Å². The summed E-state index contributed by atoms with van der Waals surface area (Å²) in [5.41, 5.74) is 10.00. The Hall–Kier alpha value is -1.35. The van der Waals surface area contributed by atoms with E-state index in [0.29, 0.717) is 19.1 Å². The number of halogens is 1. The van der Waals surface area contributed by atoms with Crippen molar-refractivity contribution in [1.82, 2.24) is 10.3 Å². The minimum absolute atomic E-state index is 0. The topological polar surface area (TPSA) is 72.5 Å². The van der Waals surface area contributed by atoms with Crippen molar-refractivity contribution in [2.24, 2.45) is 10.7 Å². The number of fused-ring (bicyclic) bond motifs is 1. The molecule has 22 heavy (non-hydrogen) atoms. The second kappa shape index (κ2) is 7.77. The molecule has 1 aromatic carbocycles. The summed E-state index contributed by atoms with van der Waals surface area (Å²) in [6.07, 6.45) is 0.882. The number of rotatable bonds is 3. The second-order valence-corrected chi connectivity index (χ2v) is 5.87. The highest BCUT2D eigenvalue weighted by atomic mass is 127. The molecule has 0 radical (unpaired) electrons. The van der Waals surface area contributed by atoms with Gasteiger partial charge in [0.2, 0.25) is 0 Å². The fraction of sp³-hybridized carbons (Fsp3) is 0.333. The number of hydrogen-bond acceptors (Lipinski definition) is 4. The van der Waals surface area contributed by atoms with Crippen LogP contribution in [-0.4, -0.2) is 17.6 Å². The summed E-state index contributed by atoms with van der Waals surface area (Å²) in [4.78, 5) is 9.76. The number of hydrogen-bond donors (Lipinski definition) is 2. The molecule has 0 saturated heterocycles. The van der Waals surface area contributed by atoms with Gasteiger partial charge in [-0.2, -0.15) is 0 Å². The number of nitrogens with one attached hydrogen (secondary N) is 1. The molecule has 3 N–H and O–H groups in total. The van der Waals surface area contributed by atoms with Crippen LogP contribution in [0.5, 0.6) is 5.75 Å². The predicted octanol–water partition coefficient (Wildman–Crippen LogP) is 3.00. The average molecular weight is 430 g/mol. The van der Waals surface area contributed by atoms with Crippen LogP contribution >= 0.6 is 35.3 Å². The van der Waals surface area contributed by atoms with Gasteiger partial charge in [-0.15, -0.1) is 35.3 Å². The van der Waals surface area contributed by atoms with Crippen LogP contribution < -0.4 is 15.8 Å². The molecule has 0 amide bonds. The fourth-order valence-electron chi connectivity index (χ4n) is 2.35. The van der Waals surface area contributed by atoms with Gasteiger partial charge in [-0.1, -0.05) is 18.2 Å². The highest BCUT2D eigenvalue weighted by Gasteiger charge is 2.21. The Balaban J connectivity index is 0.00000176. The summed E-state index contributed by atoms with van der Waals surface area (Å²) in [5, 5.41) is 3.29. The molecule has 1 atom stereocenters. The molecule has 1 aromatic heterocycles. The van der Waals surface area contributed by atoms with E-state index in [1.165, 1.54) is 0 Å². The molecule has 0 bridgehead atoms.